The summed E-state index contributed by atoms with van der Waals surface area (Å²) in [6.45, 7) is 6.38. The lowest BCUT2D eigenvalue weighted by atomic mass is 9.72. The number of aliphatic carboxylic acids is 1. The highest BCUT2D eigenvalue weighted by Crippen LogP contribution is 2.39. The van der Waals surface area contributed by atoms with Gasteiger partial charge in [-0.1, -0.05) is 20.8 Å². The van der Waals surface area contributed by atoms with E-state index in [4.69, 9.17) is 5.11 Å². The highest BCUT2D eigenvalue weighted by molar-refractivity contribution is 5.77. The standard InChI is InChI=1S/C14H25NO3/c1-10(13(17)18)9-15-12(16)8-11-4-6-14(2,3)7-5-11/h10-11H,4-9H2,1-3H3,(H,15,16)(H,17,18). The Morgan fingerprint density at radius 1 is 1.33 bits per heavy atom. The van der Waals surface area contributed by atoms with Crippen molar-refractivity contribution in [1.29, 1.82) is 0 Å². The molecule has 104 valence electrons. The number of carbonyl (C=O) groups is 2. The Morgan fingerprint density at radius 3 is 2.39 bits per heavy atom. The van der Waals surface area contributed by atoms with Crippen molar-refractivity contribution in [3.8, 4) is 0 Å². The minimum Gasteiger partial charge on any atom is -0.481 e. The van der Waals surface area contributed by atoms with Crippen molar-refractivity contribution < 1.29 is 14.7 Å². The number of hydrogen-bond donors (Lipinski definition) is 2. The first-order valence-electron chi connectivity index (χ1n) is 6.80. The number of carboxylic acid groups (broad SMARTS) is 1. The molecule has 1 fully saturated rings. The van der Waals surface area contributed by atoms with Crippen LogP contribution in [-0.2, 0) is 9.59 Å². The molecule has 18 heavy (non-hydrogen) atoms. The summed E-state index contributed by atoms with van der Waals surface area (Å²) in [6.07, 6.45) is 5.11. The van der Waals surface area contributed by atoms with Gasteiger partial charge >= 0.3 is 5.97 Å². The van der Waals surface area contributed by atoms with Gasteiger partial charge in [-0.2, -0.15) is 0 Å². The van der Waals surface area contributed by atoms with Gasteiger partial charge in [-0.3, -0.25) is 9.59 Å². The first-order valence-corrected chi connectivity index (χ1v) is 6.80. The monoisotopic (exact) mass is 255 g/mol. The molecule has 1 saturated carbocycles. The van der Waals surface area contributed by atoms with Crippen molar-refractivity contribution in [3.05, 3.63) is 0 Å². The van der Waals surface area contributed by atoms with Crippen LogP contribution in [0.25, 0.3) is 0 Å². The smallest absolute Gasteiger partial charge is 0.308 e. The molecule has 0 heterocycles. The van der Waals surface area contributed by atoms with Crippen LogP contribution in [0.15, 0.2) is 0 Å². The number of hydrogen-bond acceptors (Lipinski definition) is 2. The van der Waals surface area contributed by atoms with Crippen molar-refractivity contribution in [3.63, 3.8) is 0 Å². The number of rotatable bonds is 5. The lowest BCUT2D eigenvalue weighted by Crippen LogP contribution is -2.33. The van der Waals surface area contributed by atoms with Gasteiger partial charge in [0, 0.05) is 13.0 Å². The van der Waals surface area contributed by atoms with Crippen molar-refractivity contribution in [1.82, 2.24) is 5.32 Å². The highest BCUT2D eigenvalue weighted by atomic mass is 16.4. The molecular formula is C14H25NO3. The van der Waals surface area contributed by atoms with E-state index in [2.05, 4.69) is 19.2 Å². The minimum atomic E-state index is -0.866. The zero-order valence-corrected chi connectivity index (χ0v) is 11.7. The summed E-state index contributed by atoms with van der Waals surface area (Å²) < 4.78 is 0. The average molecular weight is 255 g/mol. The van der Waals surface area contributed by atoms with E-state index in [9.17, 15) is 9.59 Å². The van der Waals surface area contributed by atoms with Gasteiger partial charge in [0.15, 0.2) is 0 Å². The second kappa shape index (κ2) is 6.21. The van der Waals surface area contributed by atoms with Gasteiger partial charge < -0.3 is 10.4 Å². The van der Waals surface area contributed by atoms with E-state index in [0.717, 1.165) is 12.8 Å². The zero-order valence-electron chi connectivity index (χ0n) is 11.7. The molecule has 4 nitrogen and oxygen atoms in total. The van der Waals surface area contributed by atoms with E-state index in [1.165, 1.54) is 12.8 Å². The molecule has 0 aromatic rings. The number of nitrogens with one attached hydrogen (secondary N) is 1. The minimum absolute atomic E-state index is 0.00666. The third kappa shape index (κ3) is 5.07. The second-order valence-corrected chi connectivity index (χ2v) is 6.36. The normalized spacial score (nSPS) is 21.3. The lowest BCUT2D eigenvalue weighted by molar-refractivity contribution is -0.141. The van der Waals surface area contributed by atoms with Crippen LogP contribution in [-0.4, -0.2) is 23.5 Å². The molecule has 0 aromatic carbocycles. The quantitative estimate of drug-likeness (QED) is 0.793. The zero-order chi connectivity index (χ0) is 13.8. The Labute approximate surface area is 109 Å². The van der Waals surface area contributed by atoms with Crippen LogP contribution in [0.4, 0.5) is 0 Å². The van der Waals surface area contributed by atoms with Gasteiger partial charge in [0.25, 0.3) is 0 Å². The van der Waals surface area contributed by atoms with Crippen molar-refractivity contribution in [2.24, 2.45) is 17.3 Å². The second-order valence-electron chi connectivity index (χ2n) is 6.36. The summed E-state index contributed by atoms with van der Waals surface area (Å²) in [5.74, 6) is -0.917. The van der Waals surface area contributed by atoms with E-state index in [-0.39, 0.29) is 12.5 Å². The van der Waals surface area contributed by atoms with Gasteiger partial charge in [0.05, 0.1) is 5.92 Å². The molecule has 2 N–H and O–H groups in total. The lowest BCUT2D eigenvalue weighted by Gasteiger charge is -2.34. The fourth-order valence-corrected chi connectivity index (χ4v) is 2.35. The van der Waals surface area contributed by atoms with Crippen LogP contribution < -0.4 is 5.32 Å². The maximum absolute atomic E-state index is 11.7. The molecule has 1 rings (SSSR count). The molecule has 4 heteroatoms. The van der Waals surface area contributed by atoms with Gasteiger partial charge in [-0.15, -0.1) is 0 Å². The Kier molecular flexibility index (Phi) is 5.17. The van der Waals surface area contributed by atoms with Crippen molar-refractivity contribution in [2.45, 2.75) is 52.9 Å². The topological polar surface area (TPSA) is 66.4 Å². The molecule has 0 spiro atoms. The molecule has 0 saturated heterocycles. The van der Waals surface area contributed by atoms with E-state index in [1.54, 1.807) is 6.92 Å². The fourth-order valence-electron chi connectivity index (χ4n) is 2.35. The summed E-state index contributed by atoms with van der Waals surface area (Å²) in [5.41, 5.74) is 0.421. The van der Waals surface area contributed by atoms with Gasteiger partial charge in [-0.25, -0.2) is 0 Å². The van der Waals surface area contributed by atoms with Crippen LogP contribution in [0.3, 0.4) is 0 Å². The third-order valence-corrected chi connectivity index (χ3v) is 3.96. The number of carbonyl (C=O) groups excluding carboxylic acids is 1. The van der Waals surface area contributed by atoms with Gasteiger partial charge in [0.1, 0.15) is 0 Å². The molecule has 1 unspecified atom stereocenters. The van der Waals surface area contributed by atoms with Crippen molar-refractivity contribution >= 4 is 11.9 Å². The molecule has 0 radical (unpaired) electrons. The predicted octanol–water partition coefficient (Wildman–Crippen LogP) is 2.43. The summed E-state index contributed by atoms with van der Waals surface area (Å²) in [4.78, 5) is 22.3. The molecule has 0 aromatic heterocycles. The van der Waals surface area contributed by atoms with Gasteiger partial charge in [0.2, 0.25) is 5.91 Å². The summed E-state index contributed by atoms with van der Waals surface area (Å²) in [7, 11) is 0. The predicted molar refractivity (Wildman–Crippen MR) is 70.2 cm³/mol. The van der Waals surface area contributed by atoms with Gasteiger partial charge in [-0.05, 0) is 37.0 Å². The van der Waals surface area contributed by atoms with Crippen LogP contribution >= 0.6 is 0 Å². The van der Waals surface area contributed by atoms with E-state index < -0.39 is 11.9 Å². The maximum atomic E-state index is 11.7. The molecule has 1 aliphatic carbocycles. The van der Waals surface area contributed by atoms with E-state index in [1.807, 2.05) is 0 Å². The molecular weight excluding hydrogens is 230 g/mol. The molecule has 1 amide bonds. The summed E-state index contributed by atoms with van der Waals surface area (Å²) in [5, 5.41) is 11.4. The van der Waals surface area contributed by atoms with Crippen LogP contribution in [0.5, 0.6) is 0 Å². The summed E-state index contributed by atoms with van der Waals surface area (Å²) in [6, 6.07) is 0. The maximum Gasteiger partial charge on any atom is 0.308 e. The van der Waals surface area contributed by atoms with E-state index >= 15 is 0 Å². The van der Waals surface area contributed by atoms with E-state index in [0.29, 0.717) is 17.8 Å². The largest absolute Gasteiger partial charge is 0.481 e. The molecule has 1 atom stereocenters. The number of amides is 1. The molecule has 1 aliphatic rings. The Bertz CT molecular complexity index is 302. The highest BCUT2D eigenvalue weighted by Gasteiger charge is 2.27. The van der Waals surface area contributed by atoms with Crippen LogP contribution in [0, 0.1) is 17.3 Å². The third-order valence-electron chi connectivity index (χ3n) is 3.96. The van der Waals surface area contributed by atoms with Crippen LogP contribution in [0.2, 0.25) is 0 Å². The van der Waals surface area contributed by atoms with Crippen LogP contribution in [0.1, 0.15) is 52.9 Å². The fraction of sp³-hybridized carbons (Fsp3) is 0.857. The Morgan fingerprint density at radius 2 is 1.89 bits per heavy atom. The first kappa shape index (κ1) is 15.0. The molecule has 0 bridgehead atoms. The Balaban J connectivity index is 2.23. The average Bonchev–Trinajstić information content (AvgIpc) is 2.28. The Hall–Kier alpha value is -1.06. The molecule has 0 aliphatic heterocycles. The number of carboxylic acids is 1. The summed E-state index contributed by atoms with van der Waals surface area (Å²) >= 11 is 0. The van der Waals surface area contributed by atoms with Crippen molar-refractivity contribution in [2.75, 3.05) is 6.54 Å². The first-order chi connectivity index (χ1) is 8.30. The SMILES string of the molecule is CC(CNC(=O)CC1CCC(C)(C)CC1)C(=O)O.